The molecule has 116 valence electrons. The van der Waals surface area contributed by atoms with Crippen LogP contribution in [0.4, 0.5) is 14.5 Å². The molecule has 21 heavy (non-hydrogen) atoms. The summed E-state index contributed by atoms with van der Waals surface area (Å²) in [6.07, 6.45) is 1.15. The highest BCUT2D eigenvalue weighted by Crippen LogP contribution is 2.18. The molecule has 1 aromatic carbocycles. The zero-order valence-electron chi connectivity index (χ0n) is 12.3. The number of carbonyl (C=O) groups is 2. The van der Waals surface area contributed by atoms with Crippen LogP contribution in [0.2, 0.25) is 0 Å². The lowest BCUT2D eigenvalue weighted by Gasteiger charge is -2.21. The van der Waals surface area contributed by atoms with Gasteiger partial charge in [0, 0.05) is 13.1 Å². The maximum atomic E-state index is 13.4. The van der Waals surface area contributed by atoms with E-state index in [9.17, 15) is 18.4 Å². The predicted octanol–water partition coefficient (Wildman–Crippen LogP) is 2.94. The molecule has 1 aromatic rings. The van der Waals surface area contributed by atoms with E-state index in [1.165, 1.54) is 6.07 Å². The number of para-hydroxylation sites is 1. The molecule has 0 aliphatic heterocycles. The number of amides is 2. The van der Waals surface area contributed by atoms with Crippen LogP contribution in [0, 0.1) is 11.6 Å². The summed E-state index contributed by atoms with van der Waals surface area (Å²) in [7, 11) is 0. The van der Waals surface area contributed by atoms with Gasteiger partial charge in [-0.05, 0) is 25.0 Å². The highest BCUT2D eigenvalue weighted by Gasteiger charge is 2.18. The molecule has 0 aliphatic rings. The van der Waals surface area contributed by atoms with Crippen molar-refractivity contribution >= 4 is 17.5 Å². The van der Waals surface area contributed by atoms with Crippen LogP contribution in [0.25, 0.3) is 0 Å². The molecule has 0 saturated carbocycles. The number of benzene rings is 1. The lowest BCUT2D eigenvalue weighted by molar-refractivity contribution is -0.134. The van der Waals surface area contributed by atoms with Gasteiger partial charge in [0.1, 0.15) is 23.7 Å². The lowest BCUT2D eigenvalue weighted by Crippen LogP contribution is -2.35. The molecule has 6 heteroatoms. The van der Waals surface area contributed by atoms with Gasteiger partial charge in [-0.15, -0.1) is 0 Å². The molecule has 0 bridgehead atoms. The minimum absolute atomic E-state index is 0.340. The van der Waals surface area contributed by atoms with Crippen LogP contribution in [0.1, 0.15) is 33.1 Å². The first kappa shape index (κ1) is 17.1. The van der Waals surface area contributed by atoms with Crippen molar-refractivity contribution in [1.29, 1.82) is 0 Å². The lowest BCUT2D eigenvalue weighted by atomic mass is 10.2. The minimum atomic E-state index is -0.866. The topological polar surface area (TPSA) is 49.4 Å². The Bertz CT molecular complexity index is 480. The molecule has 0 aliphatic carbocycles. The third kappa shape index (κ3) is 5.13. The van der Waals surface area contributed by atoms with Crippen molar-refractivity contribution in [2.75, 3.05) is 18.4 Å². The zero-order chi connectivity index (χ0) is 15.8. The first-order valence-corrected chi connectivity index (χ1v) is 7.01. The normalized spacial score (nSPS) is 10.3. The molecule has 0 aromatic heterocycles. The van der Waals surface area contributed by atoms with E-state index >= 15 is 0 Å². The van der Waals surface area contributed by atoms with Gasteiger partial charge in [0.2, 0.25) is 11.8 Å². The largest absolute Gasteiger partial charge is 0.342 e. The van der Waals surface area contributed by atoms with Crippen molar-refractivity contribution in [2.45, 2.75) is 33.1 Å². The van der Waals surface area contributed by atoms with E-state index in [-0.39, 0.29) is 5.91 Å². The van der Waals surface area contributed by atoms with Gasteiger partial charge in [-0.3, -0.25) is 9.59 Å². The van der Waals surface area contributed by atoms with E-state index in [2.05, 4.69) is 5.32 Å². The van der Waals surface area contributed by atoms with Gasteiger partial charge in [-0.2, -0.15) is 0 Å². The van der Waals surface area contributed by atoms with E-state index < -0.39 is 29.6 Å². The Morgan fingerprint density at radius 1 is 1.10 bits per heavy atom. The number of halogens is 2. The Morgan fingerprint density at radius 2 is 1.62 bits per heavy atom. The standard InChI is InChI=1S/C15H20F2N2O2/c1-3-8-19(9-4-2)14(21)10-13(20)18-15-11(16)6-5-7-12(15)17/h5-7H,3-4,8-10H2,1-2H3,(H,18,20). The molecule has 0 fully saturated rings. The average Bonchev–Trinajstić information content (AvgIpc) is 2.42. The van der Waals surface area contributed by atoms with Crippen LogP contribution in [0.5, 0.6) is 0 Å². The van der Waals surface area contributed by atoms with Crippen molar-refractivity contribution in [3.63, 3.8) is 0 Å². The first-order chi connectivity index (χ1) is 9.99. The zero-order valence-corrected chi connectivity index (χ0v) is 12.3. The number of nitrogens with zero attached hydrogens (tertiary/aromatic N) is 1. The average molecular weight is 298 g/mol. The molecule has 2 amide bonds. The molecule has 0 saturated heterocycles. The molecule has 1 rings (SSSR count). The maximum Gasteiger partial charge on any atom is 0.233 e. The second-order valence-corrected chi connectivity index (χ2v) is 4.70. The predicted molar refractivity (Wildman–Crippen MR) is 76.8 cm³/mol. The summed E-state index contributed by atoms with van der Waals surface area (Å²) in [6, 6.07) is 3.29. The minimum Gasteiger partial charge on any atom is -0.342 e. The highest BCUT2D eigenvalue weighted by atomic mass is 19.1. The van der Waals surface area contributed by atoms with Crippen molar-refractivity contribution in [1.82, 2.24) is 4.90 Å². The Balaban J connectivity index is 2.66. The van der Waals surface area contributed by atoms with E-state index in [0.29, 0.717) is 13.1 Å². The van der Waals surface area contributed by atoms with Gasteiger partial charge in [0.05, 0.1) is 0 Å². The van der Waals surface area contributed by atoms with Gasteiger partial charge in [0.15, 0.2) is 0 Å². The van der Waals surface area contributed by atoms with Crippen LogP contribution >= 0.6 is 0 Å². The molecule has 0 spiro atoms. The van der Waals surface area contributed by atoms with E-state index in [0.717, 1.165) is 25.0 Å². The Hall–Kier alpha value is -1.98. The second kappa shape index (κ2) is 8.34. The van der Waals surface area contributed by atoms with Crippen molar-refractivity contribution < 1.29 is 18.4 Å². The second-order valence-electron chi connectivity index (χ2n) is 4.70. The number of anilines is 1. The third-order valence-corrected chi connectivity index (χ3v) is 2.88. The molecular formula is C15H20F2N2O2. The van der Waals surface area contributed by atoms with Crippen LogP contribution in [-0.2, 0) is 9.59 Å². The molecular weight excluding hydrogens is 278 g/mol. The summed E-state index contributed by atoms with van der Waals surface area (Å²) < 4.78 is 26.8. The van der Waals surface area contributed by atoms with Crippen LogP contribution < -0.4 is 5.32 Å². The molecule has 0 heterocycles. The number of hydrogen-bond donors (Lipinski definition) is 1. The summed E-state index contributed by atoms with van der Waals surface area (Å²) in [5.41, 5.74) is -0.521. The van der Waals surface area contributed by atoms with Crippen molar-refractivity contribution in [3.8, 4) is 0 Å². The smallest absolute Gasteiger partial charge is 0.233 e. The quantitative estimate of drug-likeness (QED) is 0.787. The van der Waals surface area contributed by atoms with Crippen LogP contribution in [0.15, 0.2) is 18.2 Å². The Labute approximate surface area is 123 Å². The monoisotopic (exact) mass is 298 g/mol. The summed E-state index contributed by atoms with van der Waals surface area (Å²) in [6.45, 7) is 5.00. The molecule has 0 radical (unpaired) electrons. The molecule has 1 N–H and O–H groups in total. The van der Waals surface area contributed by atoms with E-state index in [4.69, 9.17) is 0 Å². The molecule has 4 nitrogen and oxygen atoms in total. The van der Waals surface area contributed by atoms with Crippen LogP contribution in [-0.4, -0.2) is 29.8 Å². The number of nitrogens with one attached hydrogen (secondary N) is 1. The molecule has 0 atom stereocenters. The maximum absolute atomic E-state index is 13.4. The van der Waals surface area contributed by atoms with Gasteiger partial charge >= 0.3 is 0 Å². The first-order valence-electron chi connectivity index (χ1n) is 7.01. The van der Waals surface area contributed by atoms with Crippen LogP contribution in [0.3, 0.4) is 0 Å². The SMILES string of the molecule is CCCN(CCC)C(=O)CC(=O)Nc1c(F)cccc1F. The highest BCUT2D eigenvalue weighted by molar-refractivity contribution is 6.03. The fourth-order valence-electron chi connectivity index (χ4n) is 1.95. The fraction of sp³-hybridized carbons (Fsp3) is 0.467. The molecule has 0 unspecified atom stereocenters. The fourth-order valence-corrected chi connectivity index (χ4v) is 1.95. The van der Waals surface area contributed by atoms with E-state index in [1.807, 2.05) is 13.8 Å². The Kier molecular flexibility index (Phi) is 6.78. The van der Waals surface area contributed by atoms with Crippen molar-refractivity contribution in [3.05, 3.63) is 29.8 Å². The summed E-state index contributed by atoms with van der Waals surface area (Å²) in [5.74, 6) is -2.79. The third-order valence-electron chi connectivity index (χ3n) is 2.88. The van der Waals surface area contributed by atoms with Gasteiger partial charge in [-0.25, -0.2) is 8.78 Å². The van der Waals surface area contributed by atoms with Gasteiger partial charge in [-0.1, -0.05) is 19.9 Å². The summed E-state index contributed by atoms with van der Waals surface area (Å²) >= 11 is 0. The summed E-state index contributed by atoms with van der Waals surface area (Å²) in [5, 5.41) is 2.11. The Morgan fingerprint density at radius 3 is 2.10 bits per heavy atom. The number of rotatable bonds is 7. The number of hydrogen-bond acceptors (Lipinski definition) is 2. The van der Waals surface area contributed by atoms with Crippen molar-refractivity contribution in [2.24, 2.45) is 0 Å². The summed E-state index contributed by atoms with van der Waals surface area (Å²) in [4.78, 5) is 25.3. The van der Waals surface area contributed by atoms with Gasteiger partial charge < -0.3 is 10.2 Å². The van der Waals surface area contributed by atoms with Gasteiger partial charge in [0.25, 0.3) is 0 Å². The number of carbonyl (C=O) groups excluding carboxylic acids is 2. The van der Waals surface area contributed by atoms with E-state index in [1.54, 1.807) is 4.90 Å².